The first kappa shape index (κ1) is 23.2. The zero-order chi connectivity index (χ0) is 24.4. The van der Waals surface area contributed by atoms with Crippen LogP contribution >= 0.6 is 0 Å². The van der Waals surface area contributed by atoms with Crippen molar-refractivity contribution in [2.24, 2.45) is 0 Å². The van der Waals surface area contributed by atoms with Gasteiger partial charge in [-0.2, -0.15) is 0 Å². The van der Waals surface area contributed by atoms with Crippen LogP contribution in [0.3, 0.4) is 0 Å². The molecule has 0 unspecified atom stereocenters. The summed E-state index contributed by atoms with van der Waals surface area (Å²) in [6.07, 6.45) is 0. The normalized spacial score (nSPS) is 15.1. The molecular formula is C32H28F2Si. The molecule has 0 N–H and O–H groups in total. The molecule has 0 amide bonds. The van der Waals surface area contributed by atoms with E-state index in [-0.39, 0.29) is 11.6 Å². The molecule has 0 bridgehead atoms. The Morgan fingerprint density at radius 1 is 0.486 bits per heavy atom. The summed E-state index contributed by atoms with van der Waals surface area (Å²) in [5.41, 5.74) is 6.37. The molecule has 4 aromatic rings. The summed E-state index contributed by atoms with van der Waals surface area (Å²) in [6.45, 7) is 4.48. The lowest BCUT2D eigenvalue weighted by molar-refractivity contribution is 0.627. The van der Waals surface area contributed by atoms with Crippen molar-refractivity contribution in [2.45, 2.75) is 25.9 Å². The van der Waals surface area contributed by atoms with Gasteiger partial charge in [0, 0.05) is 0 Å². The fraction of sp³-hybridized carbons (Fsp3) is 0.125. The Kier molecular flexibility index (Phi) is 6.36. The highest BCUT2D eigenvalue weighted by molar-refractivity contribution is 7.14. The lowest BCUT2D eigenvalue weighted by Crippen LogP contribution is -2.35. The van der Waals surface area contributed by atoms with Gasteiger partial charge in [-0.3, -0.25) is 0 Å². The molecule has 0 aromatic heterocycles. The Bertz CT molecular complexity index is 1310. The fourth-order valence-corrected chi connectivity index (χ4v) is 10.8. The molecule has 174 valence electrons. The van der Waals surface area contributed by atoms with Crippen molar-refractivity contribution in [3.05, 3.63) is 143 Å². The number of allylic oxidation sites excluding steroid dienone is 2. The van der Waals surface area contributed by atoms with E-state index in [0.29, 0.717) is 0 Å². The van der Waals surface area contributed by atoms with Crippen molar-refractivity contribution in [3.8, 4) is 0 Å². The SMILES string of the molecule is CC[Si]1(CC)C(c2cccc(F)c2)=C(c2ccccc2)C(c2ccccc2)=C1c1cccc(F)c1. The molecule has 0 radical (unpaired) electrons. The van der Waals surface area contributed by atoms with Gasteiger partial charge in [-0.25, -0.2) is 8.78 Å². The number of halogens is 2. The quantitative estimate of drug-likeness (QED) is 0.242. The van der Waals surface area contributed by atoms with E-state index in [2.05, 4.69) is 62.4 Å². The zero-order valence-electron chi connectivity index (χ0n) is 20.1. The smallest absolute Gasteiger partial charge is 0.123 e. The summed E-state index contributed by atoms with van der Waals surface area (Å²) in [5.74, 6) is -0.476. The van der Waals surface area contributed by atoms with Crippen LogP contribution in [-0.4, -0.2) is 8.07 Å². The van der Waals surface area contributed by atoms with Gasteiger partial charge in [0.05, 0.1) is 0 Å². The van der Waals surface area contributed by atoms with Gasteiger partial charge in [0.2, 0.25) is 0 Å². The maximum atomic E-state index is 14.6. The molecule has 0 nitrogen and oxygen atoms in total. The molecule has 1 aliphatic rings. The minimum absolute atomic E-state index is 0.238. The highest BCUT2D eigenvalue weighted by Crippen LogP contribution is 2.58. The summed E-state index contributed by atoms with van der Waals surface area (Å²) >= 11 is 0. The third kappa shape index (κ3) is 4.00. The van der Waals surface area contributed by atoms with Crippen molar-refractivity contribution in [3.63, 3.8) is 0 Å². The third-order valence-corrected chi connectivity index (χ3v) is 12.7. The van der Waals surface area contributed by atoms with Gasteiger partial charge < -0.3 is 0 Å². The second kappa shape index (κ2) is 9.59. The highest BCUT2D eigenvalue weighted by atomic mass is 28.3. The minimum atomic E-state index is -2.43. The van der Waals surface area contributed by atoms with Crippen LogP contribution in [0.1, 0.15) is 36.1 Å². The van der Waals surface area contributed by atoms with Crippen molar-refractivity contribution >= 4 is 29.6 Å². The van der Waals surface area contributed by atoms with Gasteiger partial charge in [-0.15, -0.1) is 0 Å². The molecule has 4 aromatic carbocycles. The summed E-state index contributed by atoms with van der Waals surface area (Å²) < 4.78 is 29.3. The predicted molar refractivity (Wildman–Crippen MR) is 146 cm³/mol. The molecule has 0 saturated heterocycles. The van der Waals surface area contributed by atoms with Crippen LogP contribution in [0, 0.1) is 11.6 Å². The topological polar surface area (TPSA) is 0 Å². The average Bonchev–Trinajstić information content (AvgIpc) is 3.21. The Morgan fingerprint density at radius 3 is 1.20 bits per heavy atom. The maximum absolute atomic E-state index is 14.6. The van der Waals surface area contributed by atoms with Gasteiger partial charge in [-0.05, 0) is 68.1 Å². The molecule has 0 saturated carbocycles. The summed E-state index contributed by atoms with van der Waals surface area (Å²) in [4.78, 5) is 0. The first-order valence-electron chi connectivity index (χ1n) is 12.2. The predicted octanol–water partition coefficient (Wildman–Crippen LogP) is 9.07. The van der Waals surface area contributed by atoms with Crippen LogP contribution in [0.25, 0.3) is 21.5 Å². The average molecular weight is 479 g/mol. The fourth-order valence-electron chi connectivity index (χ4n) is 5.73. The Morgan fingerprint density at radius 2 is 0.857 bits per heavy atom. The van der Waals surface area contributed by atoms with Gasteiger partial charge >= 0.3 is 0 Å². The zero-order valence-corrected chi connectivity index (χ0v) is 21.1. The summed E-state index contributed by atoms with van der Waals surface area (Å²) in [6, 6.07) is 36.7. The van der Waals surface area contributed by atoms with Crippen molar-refractivity contribution < 1.29 is 8.78 Å². The molecular weight excluding hydrogens is 450 g/mol. The van der Waals surface area contributed by atoms with Crippen LogP contribution in [-0.2, 0) is 0 Å². The van der Waals surface area contributed by atoms with Gasteiger partial charge in [0.15, 0.2) is 0 Å². The molecule has 1 aliphatic heterocycles. The molecule has 35 heavy (non-hydrogen) atoms. The Hall–Kier alpha value is -3.56. The molecule has 0 spiro atoms. The Balaban J connectivity index is 1.98. The monoisotopic (exact) mass is 478 g/mol. The number of hydrogen-bond acceptors (Lipinski definition) is 0. The van der Waals surface area contributed by atoms with E-state index < -0.39 is 8.07 Å². The van der Waals surface area contributed by atoms with E-state index in [9.17, 15) is 8.78 Å². The number of hydrogen-bond donors (Lipinski definition) is 0. The first-order chi connectivity index (χ1) is 17.1. The van der Waals surface area contributed by atoms with Crippen LogP contribution < -0.4 is 0 Å². The van der Waals surface area contributed by atoms with E-state index in [1.54, 1.807) is 24.3 Å². The molecule has 3 heteroatoms. The van der Waals surface area contributed by atoms with Gasteiger partial charge in [0.1, 0.15) is 19.7 Å². The van der Waals surface area contributed by atoms with Crippen LogP contribution in [0.5, 0.6) is 0 Å². The number of rotatable bonds is 6. The van der Waals surface area contributed by atoms with Crippen LogP contribution in [0.15, 0.2) is 109 Å². The Labute approximate surface area is 207 Å². The second-order valence-electron chi connectivity index (χ2n) is 9.04. The largest absolute Gasteiger partial charge is 0.207 e. The highest BCUT2D eigenvalue weighted by Gasteiger charge is 2.48. The van der Waals surface area contributed by atoms with E-state index in [4.69, 9.17) is 0 Å². The standard InChI is InChI=1S/C32H28F2Si/c1-3-35(4-2)31(25-17-11-19-27(33)21-25)29(23-13-7-5-8-14-23)30(24-15-9-6-10-16-24)32(35)26-18-12-20-28(34)22-26/h5-22H,3-4H2,1-2H3. The second-order valence-corrected chi connectivity index (χ2v) is 13.6. The van der Waals surface area contributed by atoms with E-state index in [1.165, 1.54) is 22.5 Å². The van der Waals surface area contributed by atoms with Crippen molar-refractivity contribution in [2.75, 3.05) is 0 Å². The summed E-state index contributed by atoms with van der Waals surface area (Å²) in [7, 11) is -2.43. The summed E-state index contributed by atoms with van der Waals surface area (Å²) in [5, 5.41) is 2.48. The molecule has 0 fully saturated rings. The third-order valence-electron chi connectivity index (χ3n) is 7.27. The lowest BCUT2D eigenvalue weighted by atomic mass is 9.89. The minimum Gasteiger partial charge on any atom is -0.207 e. The molecule has 1 heterocycles. The number of benzene rings is 4. The first-order valence-corrected chi connectivity index (χ1v) is 14.6. The van der Waals surface area contributed by atoms with E-state index >= 15 is 0 Å². The van der Waals surface area contributed by atoms with Gasteiger partial charge in [-0.1, -0.05) is 111 Å². The van der Waals surface area contributed by atoms with Crippen molar-refractivity contribution in [1.29, 1.82) is 0 Å². The maximum Gasteiger partial charge on any atom is 0.123 e. The van der Waals surface area contributed by atoms with E-state index in [1.807, 2.05) is 24.3 Å². The molecule has 0 atom stereocenters. The van der Waals surface area contributed by atoms with Crippen LogP contribution in [0.4, 0.5) is 8.78 Å². The van der Waals surface area contributed by atoms with E-state index in [0.717, 1.165) is 45.5 Å². The van der Waals surface area contributed by atoms with Gasteiger partial charge in [0.25, 0.3) is 0 Å². The van der Waals surface area contributed by atoms with Crippen molar-refractivity contribution in [1.82, 2.24) is 0 Å². The molecule has 0 aliphatic carbocycles. The molecule has 5 rings (SSSR count). The lowest BCUT2D eigenvalue weighted by Gasteiger charge is -2.33. The van der Waals surface area contributed by atoms with Crippen LogP contribution in [0.2, 0.25) is 12.1 Å².